The van der Waals surface area contributed by atoms with Crippen LogP contribution in [0.3, 0.4) is 0 Å². The molecular formula is C19H31ClN2O3. The second kappa shape index (κ2) is 12.0. The number of hydrogen-bond acceptors (Lipinski definition) is 4. The van der Waals surface area contributed by atoms with Crippen LogP contribution in [0.25, 0.3) is 0 Å². The van der Waals surface area contributed by atoms with Gasteiger partial charge in [0.25, 0.3) is 5.91 Å². The Morgan fingerprint density at radius 3 is 2.48 bits per heavy atom. The first-order valence-corrected chi connectivity index (χ1v) is 9.07. The highest BCUT2D eigenvalue weighted by Crippen LogP contribution is 2.27. The third-order valence-electron chi connectivity index (χ3n) is 4.42. The molecule has 1 fully saturated rings. The number of ether oxygens (including phenoxy) is 2. The third-order valence-corrected chi connectivity index (χ3v) is 4.42. The van der Waals surface area contributed by atoms with Gasteiger partial charge in [-0.1, -0.05) is 25.7 Å². The van der Waals surface area contributed by atoms with Crippen LogP contribution in [0.15, 0.2) is 18.2 Å². The predicted octanol–water partition coefficient (Wildman–Crippen LogP) is 3.56. The predicted molar refractivity (Wildman–Crippen MR) is 103 cm³/mol. The Hall–Kier alpha value is -1.46. The van der Waals surface area contributed by atoms with E-state index in [0.717, 1.165) is 6.54 Å². The van der Waals surface area contributed by atoms with E-state index < -0.39 is 0 Å². The van der Waals surface area contributed by atoms with Crippen molar-refractivity contribution in [2.45, 2.75) is 51.5 Å². The molecule has 5 nitrogen and oxygen atoms in total. The lowest BCUT2D eigenvalue weighted by Gasteiger charge is -2.16. The lowest BCUT2D eigenvalue weighted by atomic mass is 10.1. The van der Waals surface area contributed by atoms with Gasteiger partial charge in [0.15, 0.2) is 11.5 Å². The van der Waals surface area contributed by atoms with E-state index in [-0.39, 0.29) is 18.3 Å². The van der Waals surface area contributed by atoms with Gasteiger partial charge in [0.2, 0.25) is 0 Å². The Morgan fingerprint density at radius 2 is 1.84 bits per heavy atom. The summed E-state index contributed by atoms with van der Waals surface area (Å²) in [5.41, 5.74) is 0.588. The van der Waals surface area contributed by atoms with Gasteiger partial charge in [-0.05, 0) is 38.0 Å². The van der Waals surface area contributed by atoms with Crippen molar-refractivity contribution >= 4 is 18.3 Å². The van der Waals surface area contributed by atoms with E-state index in [0.29, 0.717) is 36.3 Å². The highest BCUT2D eigenvalue weighted by atomic mass is 35.5. The topological polar surface area (TPSA) is 59.6 Å². The molecule has 2 N–H and O–H groups in total. The minimum absolute atomic E-state index is 0. The summed E-state index contributed by atoms with van der Waals surface area (Å²) in [5, 5.41) is 6.52. The molecular weight excluding hydrogens is 340 g/mol. The molecule has 1 saturated carbocycles. The summed E-state index contributed by atoms with van der Waals surface area (Å²) < 4.78 is 10.8. The first-order chi connectivity index (χ1) is 11.7. The van der Waals surface area contributed by atoms with Crippen LogP contribution < -0.4 is 20.1 Å². The summed E-state index contributed by atoms with van der Waals surface area (Å²) in [6.45, 7) is 3.92. The number of benzene rings is 1. The van der Waals surface area contributed by atoms with Crippen molar-refractivity contribution in [1.82, 2.24) is 10.6 Å². The van der Waals surface area contributed by atoms with Crippen molar-refractivity contribution in [2.75, 3.05) is 26.8 Å². The van der Waals surface area contributed by atoms with E-state index in [1.165, 1.54) is 38.5 Å². The first-order valence-electron chi connectivity index (χ1n) is 9.07. The maximum atomic E-state index is 12.3. The molecule has 1 aliphatic carbocycles. The van der Waals surface area contributed by atoms with Gasteiger partial charge in [-0.2, -0.15) is 0 Å². The number of halogens is 1. The van der Waals surface area contributed by atoms with Gasteiger partial charge in [-0.15, -0.1) is 12.4 Å². The van der Waals surface area contributed by atoms with Crippen LogP contribution in [0, 0.1) is 0 Å². The Labute approximate surface area is 157 Å². The number of amides is 1. The van der Waals surface area contributed by atoms with E-state index >= 15 is 0 Å². The summed E-state index contributed by atoms with van der Waals surface area (Å²) in [6, 6.07) is 5.87. The number of nitrogens with one attached hydrogen (secondary N) is 2. The van der Waals surface area contributed by atoms with Crippen molar-refractivity contribution in [3.05, 3.63) is 23.8 Å². The number of carbonyl (C=O) groups excluding carboxylic acids is 1. The van der Waals surface area contributed by atoms with Gasteiger partial charge < -0.3 is 20.1 Å². The molecule has 0 radical (unpaired) electrons. The van der Waals surface area contributed by atoms with E-state index in [4.69, 9.17) is 9.47 Å². The van der Waals surface area contributed by atoms with Crippen LogP contribution in [0.1, 0.15) is 55.8 Å². The lowest BCUT2D eigenvalue weighted by Crippen LogP contribution is -2.36. The van der Waals surface area contributed by atoms with Crippen LogP contribution in [0.4, 0.5) is 0 Å². The molecule has 1 aromatic carbocycles. The maximum Gasteiger partial charge on any atom is 0.251 e. The summed E-state index contributed by atoms with van der Waals surface area (Å²) in [7, 11) is 1.58. The van der Waals surface area contributed by atoms with Crippen molar-refractivity contribution in [1.29, 1.82) is 0 Å². The Bertz CT molecular complexity index is 517. The fraction of sp³-hybridized carbons (Fsp3) is 0.632. The Balaban J connectivity index is 0.00000312. The molecule has 1 aromatic rings. The quantitative estimate of drug-likeness (QED) is 0.542. The first kappa shape index (κ1) is 21.6. The number of hydrogen-bond donors (Lipinski definition) is 2. The van der Waals surface area contributed by atoms with Gasteiger partial charge in [-0.3, -0.25) is 4.79 Å². The minimum atomic E-state index is -0.0842. The van der Waals surface area contributed by atoms with Gasteiger partial charge in [0.1, 0.15) is 0 Å². The fourth-order valence-electron chi connectivity index (χ4n) is 3.12. The van der Waals surface area contributed by atoms with Gasteiger partial charge in [0, 0.05) is 24.7 Å². The second-order valence-electron chi connectivity index (χ2n) is 6.20. The molecule has 0 aliphatic heterocycles. The normalized spacial score (nSPS) is 15.0. The van der Waals surface area contributed by atoms with Crippen LogP contribution >= 0.6 is 12.4 Å². The highest BCUT2D eigenvalue weighted by molar-refractivity contribution is 5.94. The zero-order chi connectivity index (χ0) is 17.2. The SMILES string of the molecule is CCOc1ccc(C(=O)NCCNC2CCCCCC2)cc1OC.Cl. The zero-order valence-electron chi connectivity index (χ0n) is 15.3. The van der Waals surface area contributed by atoms with E-state index in [1.807, 2.05) is 6.92 Å². The number of rotatable bonds is 8. The molecule has 25 heavy (non-hydrogen) atoms. The van der Waals surface area contributed by atoms with Crippen molar-refractivity contribution in [3.63, 3.8) is 0 Å². The molecule has 0 unspecified atom stereocenters. The second-order valence-corrected chi connectivity index (χ2v) is 6.20. The average molecular weight is 371 g/mol. The van der Waals surface area contributed by atoms with Crippen LogP contribution in [0.5, 0.6) is 11.5 Å². The molecule has 0 spiro atoms. The van der Waals surface area contributed by atoms with Gasteiger partial charge in [-0.25, -0.2) is 0 Å². The smallest absolute Gasteiger partial charge is 0.251 e. The largest absolute Gasteiger partial charge is 0.493 e. The van der Waals surface area contributed by atoms with Gasteiger partial charge >= 0.3 is 0 Å². The third kappa shape index (κ3) is 7.12. The summed E-state index contributed by atoms with van der Waals surface area (Å²) in [4.78, 5) is 12.3. The summed E-state index contributed by atoms with van der Waals surface area (Å²) >= 11 is 0. The van der Waals surface area contributed by atoms with Crippen LogP contribution in [-0.2, 0) is 0 Å². The molecule has 1 aliphatic rings. The van der Waals surface area contributed by atoms with Crippen molar-refractivity contribution in [2.24, 2.45) is 0 Å². The fourth-order valence-corrected chi connectivity index (χ4v) is 3.12. The summed E-state index contributed by atoms with van der Waals surface area (Å²) in [6.07, 6.45) is 7.85. The Morgan fingerprint density at radius 1 is 1.12 bits per heavy atom. The van der Waals surface area contributed by atoms with Crippen LogP contribution in [-0.4, -0.2) is 38.8 Å². The molecule has 0 saturated heterocycles. The summed E-state index contributed by atoms with van der Waals surface area (Å²) in [5.74, 6) is 1.16. The molecule has 0 aromatic heterocycles. The maximum absolute atomic E-state index is 12.3. The highest BCUT2D eigenvalue weighted by Gasteiger charge is 2.12. The zero-order valence-corrected chi connectivity index (χ0v) is 16.1. The molecule has 2 rings (SSSR count). The van der Waals surface area contributed by atoms with E-state index in [9.17, 15) is 4.79 Å². The lowest BCUT2D eigenvalue weighted by molar-refractivity contribution is 0.0953. The molecule has 0 heterocycles. The number of carbonyl (C=O) groups is 1. The molecule has 142 valence electrons. The minimum Gasteiger partial charge on any atom is -0.493 e. The molecule has 6 heteroatoms. The molecule has 0 bridgehead atoms. The average Bonchev–Trinajstić information content (AvgIpc) is 2.88. The standard InChI is InChI=1S/C19H30N2O3.ClH/c1-3-24-17-11-10-15(14-18(17)23-2)19(22)21-13-12-20-16-8-6-4-5-7-9-16;/h10-11,14,16,20H,3-9,12-13H2,1-2H3,(H,21,22);1H. The van der Waals surface area contributed by atoms with Crippen molar-refractivity contribution in [3.8, 4) is 11.5 Å². The molecule has 0 atom stereocenters. The van der Waals surface area contributed by atoms with E-state index in [1.54, 1.807) is 25.3 Å². The van der Waals surface area contributed by atoms with Crippen LogP contribution in [0.2, 0.25) is 0 Å². The van der Waals surface area contributed by atoms with Crippen molar-refractivity contribution < 1.29 is 14.3 Å². The molecule has 1 amide bonds. The van der Waals surface area contributed by atoms with Gasteiger partial charge in [0.05, 0.1) is 13.7 Å². The Kier molecular flexibility index (Phi) is 10.3. The number of methoxy groups -OCH3 is 1. The monoisotopic (exact) mass is 370 g/mol. The van der Waals surface area contributed by atoms with E-state index in [2.05, 4.69) is 10.6 Å².